The Balaban J connectivity index is 2.28. The predicted molar refractivity (Wildman–Crippen MR) is 70.3 cm³/mol. The van der Waals surface area contributed by atoms with Crippen LogP contribution < -0.4 is 11.1 Å². The van der Waals surface area contributed by atoms with Gasteiger partial charge < -0.3 is 11.1 Å². The number of nitrogen functional groups attached to an aromatic ring is 1. The average Bonchev–Trinajstić information content (AvgIpc) is 2.31. The van der Waals surface area contributed by atoms with Crippen LogP contribution in [0.5, 0.6) is 0 Å². The van der Waals surface area contributed by atoms with Crippen molar-refractivity contribution < 1.29 is 9.18 Å². The molecule has 2 aromatic heterocycles. The van der Waals surface area contributed by atoms with E-state index in [2.05, 4.69) is 15.3 Å². The maximum atomic E-state index is 13.6. The summed E-state index contributed by atoms with van der Waals surface area (Å²) >= 11 is 0. The number of aromatic nitrogens is 2. The van der Waals surface area contributed by atoms with Crippen LogP contribution in [0.4, 0.5) is 16.0 Å². The first-order chi connectivity index (χ1) is 8.97. The first kappa shape index (κ1) is 12.9. The third kappa shape index (κ3) is 2.85. The smallest absolute Gasteiger partial charge is 0.259 e. The zero-order chi connectivity index (χ0) is 14.0. The van der Waals surface area contributed by atoms with E-state index in [9.17, 15) is 9.18 Å². The van der Waals surface area contributed by atoms with Gasteiger partial charge in [-0.1, -0.05) is 0 Å². The second kappa shape index (κ2) is 5.01. The van der Waals surface area contributed by atoms with Gasteiger partial charge in [0, 0.05) is 11.9 Å². The molecule has 2 aromatic rings. The lowest BCUT2D eigenvalue weighted by Crippen LogP contribution is -2.16. The van der Waals surface area contributed by atoms with Gasteiger partial charge in [-0.2, -0.15) is 0 Å². The molecule has 0 aliphatic rings. The molecule has 2 heterocycles. The fourth-order valence-electron chi connectivity index (χ4n) is 1.72. The van der Waals surface area contributed by atoms with Gasteiger partial charge in [-0.15, -0.1) is 0 Å². The zero-order valence-electron chi connectivity index (χ0n) is 10.6. The summed E-state index contributed by atoms with van der Waals surface area (Å²) in [6.07, 6.45) is 1.28. The number of nitrogens with zero attached hydrogens (tertiary/aromatic N) is 2. The summed E-state index contributed by atoms with van der Waals surface area (Å²) < 4.78 is 13.6. The van der Waals surface area contributed by atoms with Gasteiger partial charge in [0.15, 0.2) is 11.6 Å². The van der Waals surface area contributed by atoms with E-state index in [1.54, 1.807) is 6.07 Å². The third-order valence-corrected chi connectivity index (χ3v) is 2.50. The molecule has 0 saturated carbocycles. The average molecular weight is 260 g/mol. The van der Waals surface area contributed by atoms with Gasteiger partial charge >= 0.3 is 0 Å². The van der Waals surface area contributed by atoms with E-state index in [0.717, 1.165) is 11.3 Å². The number of amides is 1. The maximum Gasteiger partial charge on any atom is 0.259 e. The van der Waals surface area contributed by atoms with E-state index in [-0.39, 0.29) is 11.4 Å². The highest BCUT2D eigenvalue weighted by Crippen LogP contribution is 2.15. The number of pyridine rings is 2. The quantitative estimate of drug-likeness (QED) is 0.866. The number of anilines is 2. The number of carbonyl (C=O) groups excluding carboxylic acids is 1. The molecule has 0 atom stereocenters. The second-order valence-electron chi connectivity index (χ2n) is 4.18. The molecule has 0 bridgehead atoms. The molecule has 0 fully saturated rings. The highest BCUT2D eigenvalue weighted by Gasteiger charge is 2.15. The summed E-state index contributed by atoms with van der Waals surface area (Å²) in [6, 6.07) is 4.84. The molecule has 0 spiro atoms. The molecule has 2 rings (SSSR count). The van der Waals surface area contributed by atoms with Crippen LogP contribution in [0, 0.1) is 19.7 Å². The molecule has 0 aliphatic heterocycles. The van der Waals surface area contributed by atoms with Crippen molar-refractivity contribution >= 4 is 17.5 Å². The van der Waals surface area contributed by atoms with Gasteiger partial charge in [0.1, 0.15) is 5.82 Å². The minimum atomic E-state index is -0.829. The molecule has 6 heteroatoms. The van der Waals surface area contributed by atoms with Gasteiger partial charge in [-0.3, -0.25) is 4.79 Å². The monoisotopic (exact) mass is 260 g/mol. The lowest BCUT2D eigenvalue weighted by Gasteiger charge is -2.07. The first-order valence-corrected chi connectivity index (χ1v) is 5.64. The SMILES string of the molecule is Cc1cc(C)nc(NC(=O)c2ccnc(N)c2F)c1. The van der Waals surface area contributed by atoms with Crippen LogP contribution in [0.3, 0.4) is 0 Å². The number of nitrogens with two attached hydrogens (primary N) is 1. The summed E-state index contributed by atoms with van der Waals surface area (Å²) in [5.74, 6) is -1.37. The molecule has 5 nitrogen and oxygen atoms in total. The van der Waals surface area contributed by atoms with Crippen LogP contribution in [0.1, 0.15) is 21.6 Å². The van der Waals surface area contributed by atoms with Gasteiger partial charge in [0.25, 0.3) is 5.91 Å². The lowest BCUT2D eigenvalue weighted by molar-refractivity contribution is 0.102. The van der Waals surface area contributed by atoms with Crippen molar-refractivity contribution in [1.82, 2.24) is 9.97 Å². The van der Waals surface area contributed by atoms with Crippen LogP contribution in [0.25, 0.3) is 0 Å². The molecule has 0 saturated heterocycles. The summed E-state index contributed by atoms with van der Waals surface area (Å²) in [7, 11) is 0. The Bertz CT molecular complexity index is 622. The van der Waals surface area contributed by atoms with Gasteiger partial charge in [0.2, 0.25) is 0 Å². The zero-order valence-corrected chi connectivity index (χ0v) is 10.6. The number of carbonyl (C=O) groups is 1. The van der Waals surface area contributed by atoms with Crippen LogP contribution in [-0.4, -0.2) is 15.9 Å². The number of rotatable bonds is 2. The normalized spacial score (nSPS) is 10.3. The van der Waals surface area contributed by atoms with Gasteiger partial charge in [0.05, 0.1) is 5.56 Å². The van der Waals surface area contributed by atoms with Crippen molar-refractivity contribution in [3.05, 3.63) is 47.0 Å². The van der Waals surface area contributed by atoms with Crippen molar-refractivity contribution in [1.29, 1.82) is 0 Å². The van der Waals surface area contributed by atoms with Crippen LogP contribution >= 0.6 is 0 Å². The first-order valence-electron chi connectivity index (χ1n) is 5.64. The van der Waals surface area contributed by atoms with Crippen molar-refractivity contribution in [3.63, 3.8) is 0 Å². The molecule has 0 aromatic carbocycles. The van der Waals surface area contributed by atoms with Crippen LogP contribution in [0.2, 0.25) is 0 Å². The van der Waals surface area contributed by atoms with Crippen molar-refractivity contribution in [2.45, 2.75) is 13.8 Å². The predicted octanol–water partition coefficient (Wildman–Crippen LogP) is 2.07. The van der Waals surface area contributed by atoms with E-state index in [4.69, 9.17) is 5.73 Å². The standard InChI is InChI=1S/C13H13FN4O/c1-7-5-8(2)17-10(6-7)18-13(19)9-3-4-16-12(15)11(9)14/h3-6H,1-2H3,(H2,15,16)(H,17,18,19). The number of hydrogen-bond donors (Lipinski definition) is 2. The van der Waals surface area contributed by atoms with Crippen LogP contribution in [0.15, 0.2) is 24.4 Å². The Hall–Kier alpha value is -2.50. The van der Waals surface area contributed by atoms with E-state index in [1.807, 2.05) is 19.9 Å². The van der Waals surface area contributed by atoms with E-state index in [0.29, 0.717) is 5.82 Å². The summed E-state index contributed by atoms with van der Waals surface area (Å²) in [5, 5.41) is 2.53. The number of aryl methyl sites for hydroxylation is 2. The molecular formula is C13H13FN4O. The molecule has 0 radical (unpaired) electrons. The second-order valence-corrected chi connectivity index (χ2v) is 4.18. The summed E-state index contributed by atoms with van der Waals surface area (Å²) in [6.45, 7) is 3.70. The third-order valence-electron chi connectivity index (χ3n) is 2.50. The van der Waals surface area contributed by atoms with E-state index >= 15 is 0 Å². The Kier molecular flexibility index (Phi) is 3.41. The number of halogens is 1. The molecule has 19 heavy (non-hydrogen) atoms. The molecule has 98 valence electrons. The summed E-state index contributed by atoms with van der Waals surface area (Å²) in [4.78, 5) is 19.6. The summed E-state index contributed by atoms with van der Waals surface area (Å²) in [5.41, 5.74) is 6.88. The van der Waals surface area contributed by atoms with E-state index in [1.165, 1.54) is 12.3 Å². The highest BCUT2D eigenvalue weighted by atomic mass is 19.1. The minimum absolute atomic E-state index is 0.159. The topological polar surface area (TPSA) is 80.9 Å². The number of nitrogens with one attached hydrogen (secondary N) is 1. The lowest BCUT2D eigenvalue weighted by atomic mass is 10.2. The fraction of sp³-hybridized carbons (Fsp3) is 0.154. The molecule has 0 unspecified atom stereocenters. The Morgan fingerprint density at radius 3 is 2.79 bits per heavy atom. The molecule has 3 N–H and O–H groups in total. The Morgan fingerprint density at radius 2 is 2.11 bits per heavy atom. The fourth-order valence-corrected chi connectivity index (χ4v) is 1.72. The Morgan fingerprint density at radius 1 is 1.37 bits per heavy atom. The molecule has 0 aliphatic carbocycles. The van der Waals surface area contributed by atoms with Gasteiger partial charge in [-0.25, -0.2) is 14.4 Å². The maximum absolute atomic E-state index is 13.6. The largest absolute Gasteiger partial charge is 0.381 e. The Labute approximate surface area is 109 Å². The minimum Gasteiger partial charge on any atom is -0.381 e. The molecule has 1 amide bonds. The van der Waals surface area contributed by atoms with E-state index < -0.39 is 11.7 Å². The van der Waals surface area contributed by atoms with Crippen molar-refractivity contribution in [2.75, 3.05) is 11.1 Å². The highest BCUT2D eigenvalue weighted by molar-refractivity contribution is 6.04. The number of hydrogen-bond acceptors (Lipinski definition) is 4. The van der Waals surface area contributed by atoms with Gasteiger partial charge in [-0.05, 0) is 37.6 Å². The van der Waals surface area contributed by atoms with Crippen LogP contribution in [-0.2, 0) is 0 Å². The van der Waals surface area contributed by atoms with Crippen molar-refractivity contribution in [3.8, 4) is 0 Å². The molecular weight excluding hydrogens is 247 g/mol. The van der Waals surface area contributed by atoms with Crippen molar-refractivity contribution in [2.24, 2.45) is 0 Å².